The first-order chi connectivity index (χ1) is 10.6. The highest BCUT2D eigenvalue weighted by Gasteiger charge is 2.35. The maximum absolute atomic E-state index is 12.8. The zero-order chi connectivity index (χ0) is 15.7. The highest BCUT2D eigenvalue weighted by molar-refractivity contribution is 14.1. The van der Waals surface area contributed by atoms with Crippen LogP contribution in [0.25, 0.3) is 0 Å². The Morgan fingerprint density at radius 3 is 2.77 bits per heavy atom. The minimum Gasteiger partial charge on any atom is -0.338 e. The Labute approximate surface area is 145 Å². The first-order valence-corrected chi connectivity index (χ1v) is 9.31. The van der Waals surface area contributed by atoms with Crippen LogP contribution in [-0.4, -0.2) is 28.0 Å². The van der Waals surface area contributed by atoms with Crippen LogP contribution in [0.3, 0.4) is 0 Å². The highest BCUT2D eigenvalue weighted by Crippen LogP contribution is 2.35. The fraction of sp³-hybridized carbons (Fsp3) is 0.647. The Morgan fingerprint density at radius 2 is 1.95 bits per heavy atom. The van der Waals surface area contributed by atoms with E-state index >= 15 is 0 Å². The van der Waals surface area contributed by atoms with Crippen molar-refractivity contribution in [3.63, 3.8) is 0 Å². The second kappa shape index (κ2) is 6.72. The van der Waals surface area contributed by atoms with E-state index in [4.69, 9.17) is 0 Å². The number of pyridine rings is 1. The zero-order valence-corrected chi connectivity index (χ0v) is 15.2. The number of halogens is 1. The van der Waals surface area contributed by atoms with Crippen molar-refractivity contribution in [3.05, 3.63) is 31.8 Å². The molecule has 1 aliphatic heterocycles. The number of rotatable bonds is 2. The molecule has 1 saturated carbocycles. The van der Waals surface area contributed by atoms with E-state index in [9.17, 15) is 9.59 Å². The maximum atomic E-state index is 12.8. The van der Waals surface area contributed by atoms with Gasteiger partial charge in [0.05, 0.1) is 0 Å². The number of hydrogen-bond donors (Lipinski definition) is 0. The van der Waals surface area contributed by atoms with Crippen LogP contribution in [0.5, 0.6) is 0 Å². The Hall–Kier alpha value is -0.850. The highest BCUT2D eigenvalue weighted by atomic mass is 127. The van der Waals surface area contributed by atoms with E-state index in [0.29, 0.717) is 12.0 Å². The number of piperidine rings is 1. The summed E-state index contributed by atoms with van der Waals surface area (Å²) in [5.41, 5.74) is 0.808. The Morgan fingerprint density at radius 1 is 1.23 bits per heavy atom. The van der Waals surface area contributed by atoms with Crippen LogP contribution < -0.4 is 5.56 Å². The topological polar surface area (TPSA) is 42.3 Å². The Balaban J connectivity index is 1.79. The van der Waals surface area contributed by atoms with Gasteiger partial charge in [0, 0.05) is 27.9 Å². The molecule has 0 aromatic carbocycles. The molecule has 120 valence electrons. The van der Waals surface area contributed by atoms with Gasteiger partial charge in [0.15, 0.2) is 0 Å². The summed E-state index contributed by atoms with van der Waals surface area (Å²) in [6.07, 6.45) is 7.29. The largest absolute Gasteiger partial charge is 0.338 e. The molecule has 5 heteroatoms. The number of hydrogen-bond acceptors (Lipinski definition) is 2. The molecule has 2 atom stereocenters. The van der Waals surface area contributed by atoms with Crippen molar-refractivity contribution >= 4 is 28.5 Å². The molecule has 1 amide bonds. The van der Waals surface area contributed by atoms with Crippen molar-refractivity contribution in [1.82, 2.24) is 9.47 Å². The van der Waals surface area contributed by atoms with Crippen molar-refractivity contribution in [3.8, 4) is 0 Å². The molecule has 4 nitrogen and oxygen atoms in total. The van der Waals surface area contributed by atoms with Crippen LogP contribution in [0.1, 0.15) is 44.2 Å². The Bertz CT molecular complexity index is 624. The van der Waals surface area contributed by atoms with E-state index in [1.54, 1.807) is 10.6 Å². The third kappa shape index (κ3) is 3.09. The van der Waals surface area contributed by atoms with Gasteiger partial charge in [-0.1, -0.05) is 12.8 Å². The summed E-state index contributed by atoms with van der Waals surface area (Å²) in [6, 6.07) is 3.78. The van der Waals surface area contributed by atoms with Gasteiger partial charge in [-0.25, -0.2) is 0 Å². The summed E-state index contributed by atoms with van der Waals surface area (Å²) in [6.45, 7) is 2.96. The number of carbonyl (C=O) groups is 1. The molecular weight excluding hydrogens is 391 g/mol. The van der Waals surface area contributed by atoms with Crippen molar-refractivity contribution in [2.24, 2.45) is 5.92 Å². The van der Waals surface area contributed by atoms with Gasteiger partial charge < -0.3 is 9.47 Å². The molecule has 1 saturated heterocycles. The molecule has 0 spiro atoms. The number of carbonyl (C=O) groups excluding carboxylic acids is 1. The van der Waals surface area contributed by atoms with Crippen LogP contribution in [0.4, 0.5) is 0 Å². The van der Waals surface area contributed by atoms with E-state index in [2.05, 4.69) is 27.5 Å². The summed E-state index contributed by atoms with van der Waals surface area (Å²) >= 11 is 2.21. The van der Waals surface area contributed by atoms with Crippen LogP contribution in [0, 0.1) is 16.4 Å². The molecule has 3 rings (SSSR count). The van der Waals surface area contributed by atoms with Gasteiger partial charge in [-0.2, -0.15) is 0 Å². The average molecular weight is 414 g/mol. The lowest BCUT2D eigenvalue weighted by molar-refractivity contribution is -0.138. The predicted octanol–water partition coefficient (Wildman–Crippen LogP) is 2.94. The predicted molar refractivity (Wildman–Crippen MR) is 94.8 cm³/mol. The van der Waals surface area contributed by atoms with E-state index in [1.807, 2.05) is 13.0 Å². The van der Waals surface area contributed by atoms with Crippen LogP contribution >= 0.6 is 22.6 Å². The number of nitrogens with zero attached hydrogens (tertiary/aromatic N) is 2. The zero-order valence-electron chi connectivity index (χ0n) is 13.1. The second-order valence-electron chi connectivity index (χ2n) is 6.53. The van der Waals surface area contributed by atoms with Crippen LogP contribution in [-0.2, 0) is 11.3 Å². The van der Waals surface area contributed by atoms with Crippen molar-refractivity contribution in [2.45, 2.75) is 58.0 Å². The van der Waals surface area contributed by atoms with Gasteiger partial charge in [-0.05, 0) is 67.2 Å². The average Bonchev–Trinajstić information content (AvgIpc) is 2.54. The lowest BCUT2D eigenvalue weighted by Gasteiger charge is -2.44. The van der Waals surface area contributed by atoms with Crippen molar-refractivity contribution < 1.29 is 4.79 Å². The van der Waals surface area contributed by atoms with Crippen LogP contribution in [0.15, 0.2) is 16.9 Å². The summed E-state index contributed by atoms with van der Waals surface area (Å²) in [5.74, 6) is 0.795. The quantitative estimate of drug-likeness (QED) is 0.699. The van der Waals surface area contributed by atoms with Gasteiger partial charge in [-0.3, -0.25) is 9.59 Å². The lowest BCUT2D eigenvalue weighted by atomic mass is 9.78. The van der Waals surface area contributed by atoms with Gasteiger partial charge >= 0.3 is 0 Å². The van der Waals surface area contributed by atoms with E-state index in [-0.39, 0.29) is 18.0 Å². The summed E-state index contributed by atoms with van der Waals surface area (Å²) in [4.78, 5) is 27.0. The lowest BCUT2D eigenvalue weighted by Crippen LogP contribution is -2.51. The van der Waals surface area contributed by atoms with Gasteiger partial charge in [0.25, 0.3) is 5.56 Å². The van der Waals surface area contributed by atoms with Crippen molar-refractivity contribution in [2.75, 3.05) is 6.54 Å². The molecule has 0 radical (unpaired) electrons. The molecule has 0 unspecified atom stereocenters. The Kier molecular flexibility index (Phi) is 4.90. The standard InChI is InChI=1S/C17H23IN2O2/c1-12-14(18)8-9-16(21)20(12)11-17(22)19-10-4-6-13-5-2-3-7-15(13)19/h8-9,13,15H,2-7,10-11H2,1H3/t13-,15+/m0/s1. The smallest absolute Gasteiger partial charge is 0.251 e. The van der Waals surface area contributed by atoms with Crippen LogP contribution in [0.2, 0.25) is 0 Å². The third-order valence-electron chi connectivity index (χ3n) is 5.25. The molecule has 2 fully saturated rings. The van der Waals surface area contributed by atoms with Gasteiger partial charge in [0.2, 0.25) is 5.91 Å². The molecule has 2 heterocycles. The first kappa shape index (κ1) is 16.0. The minimum atomic E-state index is -0.0801. The van der Waals surface area contributed by atoms with Gasteiger partial charge in [0.1, 0.15) is 6.54 Å². The molecule has 1 aromatic heterocycles. The normalized spacial score (nSPS) is 24.9. The van der Waals surface area contributed by atoms with Crippen molar-refractivity contribution in [1.29, 1.82) is 0 Å². The summed E-state index contributed by atoms with van der Waals surface area (Å²) in [5, 5.41) is 0. The number of fused-ring (bicyclic) bond motifs is 1. The first-order valence-electron chi connectivity index (χ1n) is 8.23. The third-order valence-corrected chi connectivity index (χ3v) is 6.39. The van der Waals surface area contributed by atoms with Gasteiger partial charge in [-0.15, -0.1) is 0 Å². The van der Waals surface area contributed by atoms with E-state index in [1.165, 1.54) is 25.7 Å². The monoisotopic (exact) mass is 414 g/mol. The van der Waals surface area contributed by atoms with E-state index < -0.39 is 0 Å². The number of likely N-dealkylation sites (tertiary alicyclic amines) is 1. The fourth-order valence-corrected chi connectivity index (χ4v) is 4.48. The maximum Gasteiger partial charge on any atom is 0.251 e. The molecular formula is C17H23IN2O2. The fourth-order valence-electron chi connectivity index (χ4n) is 4.01. The number of amides is 1. The molecule has 1 aliphatic carbocycles. The summed E-state index contributed by atoms with van der Waals surface area (Å²) in [7, 11) is 0. The second-order valence-corrected chi connectivity index (χ2v) is 7.69. The molecule has 22 heavy (non-hydrogen) atoms. The SMILES string of the molecule is Cc1c(I)ccc(=O)n1CC(=O)N1CCC[C@@H]2CCCC[C@H]21. The molecule has 0 N–H and O–H groups in total. The molecule has 2 aliphatic rings. The summed E-state index contributed by atoms with van der Waals surface area (Å²) < 4.78 is 2.65. The molecule has 0 bridgehead atoms. The molecule has 1 aromatic rings. The number of aromatic nitrogens is 1. The minimum absolute atomic E-state index is 0.0801. The van der Waals surface area contributed by atoms with E-state index in [0.717, 1.165) is 28.7 Å².